The lowest BCUT2D eigenvalue weighted by Crippen LogP contribution is -2.15. The molecule has 1 aromatic heterocycles. The molecule has 0 fully saturated rings. The summed E-state index contributed by atoms with van der Waals surface area (Å²) >= 11 is 3.39. The first kappa shape index (κ1) is 13.6. The number of aromatic amines is 1. The minimum Gasteiger partial charge on any atom is -0.478 e. The summed E-state index contributed by atoms with van der Waals surface area (Å²) in [7, 11) is 0. The number of rotatable bonds is 2. The number of nitrogens with one attached hydrogen (secondary N) is 1. The van der Waals surface area contributed by atoms with E-state index in [4.69, 9.17) is 5.11 Å². The lowest BCUT2D eigenvalue weighted by molar-refractivity contribution is 0.0697. The Labute approximate surface area is 128 Å². The van der Waals surface area contributed by atoms with Crippen molar-refractivity contribution in [1.82, 2.24) is 9.55 Å². The molecule has 21 heavy (non-hydrogen) atoms. The highest BCUT2D eigenvalue weighted by molar-refractivity contribution is 9.10. The van der Waals surface area contributed by atoms with Gasteiger partial charge in [-0.1, -0.05) is 22.0 Å². The summed E-state index contributed by atoms with van der Waals surface area (Å²) in [6.45, 7) is 1.90. The zero-order valence-electron chi connectivity index (χ0n) is 11.1. The van der Waals surface area contributed by atoms with Crippen LogP contribution in [0.2, 0.25) is 0 Å². The van der Waals surface area contributed by atoms with Gasteiger partial charge in [-0.2, -0.15) is 0 Å². The molecular weight excluding hydrogens is 336 g/mol. The maximum atomic E-state index is 12.2. The van der Waals surface area contributed by atoms with Gasteiger partial charge >= 0.3 is 11.7 Å². The third-order valence-corrected chi connectivity index (χ3v) is 3.84. The second kappa shape index (κ2) is 4.89. The van der Waals surface area contributed by atoms with Gasteiger partial charge in [0.2, 0.25) is 0 Å². The Balaban J connectivity index is 2.38. The third kappa shape index (κ3) is 2.27. The summed E-state index contributed by atoms with van der Waals surface area (Å²) in [6, 6.07) is 10.2. The molecular formula is C15H11BrN2O3. The van der Waals surface area contributed by atoms with Crippen molar-refractivity contribution in [3.05, 3.63) is 62.5 Å². The highest BCUT2D eigenvalue weighted by atomic mass is 79.9. The van der Waals surface area contributed by atoms with Crippen molar-refractivity contribution < 1.29 is 9.90 Å². The number of carboxylic acid groups (broad SMARTS) is 1. The summed E-state index contributed by atoms with van der Waals surface area (Å²) < 4.78 is 2.33. The summed E-state index contributed by atoms with van der Waals surface area (Å²) in [5.41, 5.74) is 2.62. The van der Waals surface area contributed by atoms with Gasteiger partial charge in [-0.15, -0.1) is 0 Å². The smallest absolute Gasteiger partial charge is 0.335 e. The Morgan fingerprint density at radius 2 is 2.00 bits per heavy atom. The second-order valence-corrected chi connectivity index (χ2v) is 5.65. The molecule has 0 amide bonds. The van der Waals surface area contributed by atoms with E-state index in [-0.39, 0.29) is 11.3 Å². The quantitative estimate of drug-likeness (QED) is 0.748. The van der Waals surface area contributed by atoms with Crippen LogP contribution in [0.3, 0.4) is 0 Å². The maximum absolute atomic E-state index is 12.2. The van der Waals surface area contributed by atoms with Gasteiger partial charge < -0.3 is 10.1 Å². The zero-order chi connectivity index (χ0) is 15.1. The van der Waals surface area contributed by atoms with Gasteiger partial charge in [0.1, 0.15) is 0 Å². The lowest BCUT2D eigenvalue weighted by atomic mass is 10.1. The summed E-state index contributed by atoms with van der Waals surface area (Å²) in [5.74, 6) is -1.02. The fraction of sp³-hybridized carbons (Fsp3) is 0.0667. The number of H-pyrrole nitrogens is 1. The first-order valence-corrected chi connectivity index (χ1v) is 7.01. The molecule has 2 N–H and O–H groups in total. The number of carboxylic acids is 1. The van der Waals surface area contributed by atoms with Crippen molar-refractivity contribution >= 4 is 32.9 Å². The van der Waals surface area contributed by atoms with Gasteiger partial charge in [0.25, 0.3) is 0 Å². The largest absolute Gasteiger partial charge is 0.478 e. The Kier molecular flexibility index (Phi) is 3.17. The SMILES string of the molecule is Cc1ccc(Br)cc1-n1c(=O)[nH]c2ccc(C(=O)O)cc21. The molecule has 106 valence electrons. The average Bonchev–Trinajstić information content (AvgIpc) is 2.76. The Bertz CT molecular complexity index is 924. The molecule has 5 nitrogen and oxygen atoms in total. The maximum Gasteiger partial charge on any atom is 0.335 e. The molecule has 1 heterocycles. The molecule has 0 radical (unpaired) electrons. The van der Waals surface area contributed by atoms with E-state index in [0.717, 1.165) is 10.0 Å². The van der Waals surface area contributed by atoms with Crippen molar-refractivity contribution in [2.45, 2.75) is 6.92 Å². The highest BCUT2D eigenvalue weighted by Gasteiger charge is 2.13. The summed E-state index contributed by atoms with van der Waals surface area (Å²) in [6.07, 6.45) is 0. The van der Waals surface area contributed by atoms with Crippen LogP contribution in [0.1, 0.15) is 15.9 Å². The lowest BCUT2D eigenvalue weighted by Gasteiger charge is -2.08. The zero-order valence-corrected chi connectivity index (χ0v) is 12.6. The van der Waals surface area contributed by atoms with Gasteiger partial charge in [-0.25, -0.2) is 9.59 Å². The van der Waals surface area contributed by atoms with Crippen LogP contribution < -0.4 is 5.69 Å². The number of benzene rings is 2. The van der Waals surface area contributed by atoms with E-state index >= 15 is 0 Å². The van der Waals surface area contributed by atoms with E-state index in [1.807, 2.05) is 25.1 Å². The number of aromatic carboxylic acids is 1. The van der Waals surface area contributed by atoms with E-state index < -0.39 is 5.97 Å². The fourth-order valence-electron chi connectivity index (χ4n) is 2.30. The van der Waals surface area contributed by atoms with Gasteiger partial charge in [0, 0.05) is 4.47 Å². The van der Waals surface area contributed by atoms with E-state index in [0.29, 0.717) is 16.7 Å². The number of carbonyl (C=O) groups is 1. The topological polar surface area (TPSA) is 75.1 Å². The first-order valence-electron chi connectivity index (χ1n) is 6.22. The van der Waals surface area contributed by atoms with Crippen molar-refractivity contribution in [2.24, 2.45) is 0 Å². The molecule has 0 saturated heterocycles. The number of aromatic nitrogens is 2. The van der Waals surface area contributed by atoms with E-state index in [2.05, 4.69) is 20.9 Å². The molecule has 6 heteroatoms. The number of hydrogen-bond donors (Lipinski definition) is 2. The van der Waals surface area contributed by atoms with E-state index in [1.165, 1.54) is 16.7 Å². The summed E-state index contributed by atoms with van der Waals surface area (Å²) in [4.78, 5) is 26.1. The highest BCUT2D eigenvalue weighted by Crippen LogP contribution is 2.23. The number of aryl methyl sites for hydroxylation is 1. The van der Waals surface area contributed by atoms with Crippen LogP contribution in [-0.2, 0) is 0 Å². The molecule has 2 aromatic carbocycles. The Hall–Kier alpha value is -2.34. The molecule has 0 aliphatic rings. The van der Waals surface area contributed by atoms with E-state index in [1.54, 1.807) is 6.07 Å². The number of imidazole rings is 1. The number of hydrogen-bond acceptors (Lipinski definition) is 2. The number of fused-ring (bicyclic) bond motifs is 1. The third-order valence-electron chi connectivity index (χ3n) is 3.34. The van der Waals surface area contributed by atoms with Crippen molar-refractivity contribution in [2.75, 3.05) is 0 Å². The van der Waals surface area contributed by atoms with E-state index in [9.17, 15) is 9.59 Å². The van der Waals surface area contributed by atoms with Crippen LogP contribution in [0.25, 0.3) is 16.7 Å². The Morgan fingerprint density at radius 3 is 2.71 bits per heavy atom. The number of nitrogens with zero attached hydrogens (tertiary/aromatic N) is 1. The number of halogens is 1. The minimum atomic E-state index is -1.02. The van der Waals surface area contributed by atoms with Crippen LogP contribution in [0.5, 0.6) is 0 Å². The monoisotopic (exact) mass is 346 g/mol. The standard InChI is InChI=1S/C15H11BrN2O3/c1-8-2-4-10(16)7-12(8)18-13-6-9(14(19)20)3-5-11(13)17-15(18)21/h2-7H,1H3,(H,17,21)(H,19,20). The fourth-order valence-corrected chi connectivity index (χ4v) is 2.65. The van der Waals surface area contributed by atoms with Crippen LogP contribution in [0.15, 0.2) is 45.7 Å². The van der Waals surface area contributed by atoms with Crippen molar-refractivity contribution in [1.29, 1.82) is 0 Å². The summed E-state index contributed by atoms with van der Waals surface area (Å²) in [5, 5.41) is 9.11. The van der Waals surface area contributed by atoms with Crippen LogP contribution >= 0.6 is 15.9 Å². The van der Waals surface area contributed by atoms with Crippen molar-refractivity contribution in [3.8, 4) is 5.69 Å². The molecule has 0 aliphatic carbocycles. The van der Waals surface area contributed by atoms with Crippen LogP contribution in [0.4, 0.5) is 0 Å². The van der Waals surface area contributed by atoms with Crippen LogP contribution in [0, 0.1) is 6.92 Å². The molecule has 0 bridgehead atoms. The predicted molar refractivity (Wildman–Crippen MR) is 83.3 cm³/mol. The van der Waals surface area contributed by atoms with Gasteiger partial charge in [0.15, 0.2) is 0 Å². The molecule has 3 aromatic rings. The second-order valence-electron chi connectivity index (χ2n) is 4.73. The van der Waals surface area contributed by atoms with Crippen molar-refractivity contribution in [3.63, 3.8) is 0 Å². The van der Waals surface area contributed by atoms with Gasteiger partial charge in [-0.3, -0.25) is 4.57 Å². The Morgan fingerprint density at radius 1 is 1.24 bits per heavy atom. The molecule has 3 rings (SSSR count). The minimum absolute atomic E-state index is 0.142. The molecule has 0 unspecified atom stereocenters. The predicted octanol–water partition coefficient (Wildman–Crippen LogP) is 3.09. The van der Waals surface area contributed by atoms with Gasteiger partial charge in [-0.05, 0) is 42.8 Å². The van der Waals surface area contributed by atoms with Crippen LogP contribution in [-0.4, -0.2) is 20.6 Å². The normalized spacial score (nSPS) is 11.0. The van der Waals surface area contributed by atoms with Gasteiger partial charge in [0.05, 0.1) is 22.3 Å². The molecule has 0 atom stereocenters. The molecule has 0 aliphatic heterocycles. The molecule has 0 saturated carbocycles. The average molecular weight is 347 g/mol. The first-order chi connectivity index (χ1) is 9.97. The molecule has 0 spiro atoms.